The Morgan fingerprint density at radius 2 is 1.75 bits per heavy atom. The molecule has 4 rings (SSSR count). The predicted molar refractivity (Wildman–Crippen MR) is 124 cm³/mol. The van der Waals surface area contributed by atoms with E-state index >= 15 is 0 Å². The van der Waals surface area contributed by atoms with Crippen molar-refractivity contribution in [1.82, 2.24) is 18.8 Å². The molecule has 0 saturated carbocycles. The van der Waals surface area contributed by atoms with E-state index < -0.39 is 10.0 Å². The van der Waals surface area contributed by atoms with Gasteiger partial charge in [-0.05, 0) is 50.8 Å². The van der Waals surface area contributed by atoms with Crippen LogP contribution >= 0.6 is 0 Å². The number of piperazine rings is 1. The molecule has 2 aliphatic heterocycles. The number of rotatable bonds is 5. The zero-order valence-electron chi connectivity index (χ0n) is 19.2. The number of carbonyl (C=O) groups is 1. The topological polar surface area (TPSA) is 78.8 Å². The van der Waals surface area contributed by atoms with Crippen LogP contribution in [-0.2, 0) is 21.4 Å². The molecule has 0 bridgehead atoms. The summed E-state index contributed by atoms with van der Waals surface area (Å²) < 4.78 is 29.0. The smallest absolute Gasteiger partial charge is 0.262 e. The lowest BCUT2D eigenvalue weighted by Gasteiger charge is -2.39. The summed E-state index contributed by atoms with van der Waals surface area (Å²) in [5, 5.41) is 0.0895. The molecule has 2 aliphatic rings. The van der Waals surface area contributed by atoms with Crippen molar-refractivity contribution in [1.29, 1.82) is 0 Å². The largest absolute Gasteiger partial charge is 0.368 e. The van der Waals surface area contributed by atoms with Crippen molar-refractivity contribution in [3.8, 4) is 0 Å². The number of piperidine rings is 1. The summed E-state index contributed by atoms with van der Waals surface area (Å²) in [6.45, 7) is 10.7. The van der Waals surface area contributed by atoms with Crippen molar-refractivity contribution in [3.05, 3.63) is 41.9 Å². The summed E-state index contributed by atoms with van der Waals surface area (Å²) in [5.74, 6) is 0.0554. The highest BCUT2D eigenvalue weighted by Crippen LogP contribution is 2.27. The third-order valence-electron chi connectivity index (χ3n) is 6.89. The molecule has 3 heterocycles. The van der Waals surface area contributed by atoms with Gasteiger partial charge in [-0.2, -0.15) is 4.31 Å². The molecule has 2 saturated heterocycles. The fourth-order valence-electron chi connectivity index (χ4n) is 4.63. The minimum Gasteiger partial charge on any atom is -0.368 e. The van der Waals surface area contributed by atoms with E-state index in [1.54, 1.807) is 17.1 Å². The van der Waals surface area contributed by atoms with Gasteiger partial charge in [0.15, 0.2) is 5.03 Å². The second-order valence-electron chi connectivity index (χ2n) is 8.75. The Hall–Kier alpha value is -2.39. The highest BCUT2D eigenvalue weighted by atomic mass is 32.2. The lowest BCUT2D eigenvalue weighted by Crippen LogP contribution is -2.52. The number of sulfonamides is 1. The first-order valence-electron chi connectivity index (χ1n) is 11.4. The maximum Gasteiger partial charge on any atom is 0.262 e. The van der Waals surface area contributed by atoms with Gasteiger partial charge in [0.05, 0.1) is 6.33 Å². The maximum atomic E-state index is 13.1. The summed E-state index contributed by atoms with van der Waals surface area (Å²) in [6, 6.07) is 6.36. The molecular formula is C23H33N5O3S. The number of imidazole rings is 1. The molecule has 32 heavy (non-hydrogen) atoms. The molecular weight excluding hydrogens is 426 g/mol. The van der Waals surface area contributed by atoms with Gasteiger partial charge >= 0.3 is 0 Å². The number of aryl methyl sites for hydroxylation is 2. The minimum absolute atomic E-state index is 0.0895. The molecule has 0 aliphatic carbocycles. The average molecular weight is 460 g/mol. The zero-order chi connectivity index (χ0) is 22.9. The predicted octanol–water partition coefficient (Wildman–Crippen LogP) is 2.27. The Bertz CT molecular complexity index is 1070. The molecule has 1 aromatic carbocycles. The fraction of sp³-hybridized carbons (Fsp3) is 0.565. The summed E-state index contributed by atoms with van der Waals surface area (Å²) >= 11 is 0. The van der Waals surface area contributed by atoms with Gasteiger partial charge in [0.25, 0.3) is 10.0 Å². The summed E-state index contributed by atoms with van der Waals surface area (Å²) in [5.41, 5.74) is 3.83. The van der Waals surface area contributed by atoms with Crippen LogP contribution in [0.3, 0.4) is 0 Å². The van der Waals surface area contributed by atoms with Crippen LogP contribution in [0, 0.1) is 19.8 Å². The van der Waals surface area contributed by atoms with Gasteiger partial charge in [-0.1, -0.05) is 12.1 Å². The van der Waals surface area contributed by atoms with Gasteiger partial charge in [0, 0.05) is 63.6 Å². The standard InChI is InChI=1S/C23H33N5O3S/c1-4-25-16-22(24-17-25)32(30,31)28-10-8-20(9-11-28)23(29)27-14-12-26(13-15-27)21-7-5-6-18(2)19(21)3/h5-7,16-17,20H,4,8-15H2,1-3H3. The van der Waals surface area contributed by atoms with Crippen LogP contribution in [0.4, 0.5) is 5.69 Å². The summed E-state index contributed by atoms with van der Waals surface area (Å²) in [4.78, 5) is 21.5. The first-order chi connectivity index (χ1) is 15.3. The highest BCUT2D eigenvalue weighted by molar-refractivity contribution is 7.89. The molecule has 8 nitrogen and oxygen atoms in total. The van der Waals surface area contributed by atoms with Crippen LogP contribution in [0.1, 0.15) is 30.9 Å². The second kappa shape index (κ2) is 9.23. The second-order valence-corrected chi connectivity index (χ2v) is 10.6. The number of amides is 1. The summed E-state index contributed by atoms with van der Waals surface area (Å²) in [6.07, 6.45) is 4.23. The fourth-order valence-corrected chi connectivity index (χ4v) is 6.03. The van der Waals surface area contributed by atoms with Gasteiger partial charge in [-0.15, -0.1) is 0 Å². The van der Waals surface area contributed by atoms with Crippen LogP contribution in [-0.4, -0.2) is 72.3 Å². The Balaban J connectivity index is 1.32. The first-order valence-corrected chi connectivity index (χ1v) is 12.9. The average Bonchev–Trinajstić information content (AvgIpc) is 3.31. The number of hydrogen-bond donors (Lipinski definition) is 0. The molecule has 0 atom stereocenters. The Morgan fingerprint density at radius 3 is 2.38 bits per heavy atom. The van der Waals surface area contributed by atoms with Crippen LogP contribution in [0.5, 0.6) is 0 Å². The van der Waals surface area contributed by atoms with Crippen LogP contribution in [0.15, 0.2) is 35.7 Å². The maximum absolute atomic E-state index is 13.1. The first kappa shape index (κ1) is 22.8. The number of anilines is 1. The molecule has 0 radical (unpaired) electrons. The van der Waals surface area contributed by atoms with Crippen LogP contribution in [0.2, 0.25) is 0 Å². The van der Waals surface area contributed by atoms with Crippen molar-refractivity contribution < 1.29 is 13.2 Å². The third-order valence-corrected chi connectivity index (χ3v) is 8.67. The van der Waals surface area contributed by atoms with Crippen molar-refractivity contribution in [2.24, 2.45) is 5.92 Å². The quantitative estimate of drug-likeness (QED) is 0.685. The van der Waals surface area contributed by atoms with E-state index in [9.17, 15) is 13.2 Å². The van der Waals surface area contributed by atoms with Crippen molar-refractivity contribution in [2.45, 2.75) is 45.2 Å². The van der Waals surface area contributed by atoms with Gasteiger partial charge < -0.3 is 14.4 Å². The number of hydrogen-bond acceptors (Lipinski definition) is 5. The molecule has 0 unspecified atom stereocenters. The number of aromatic nitrogens is 2. The lowest BCUT2D eigenvalue weighted by molar-refractivity contribution is -0.137. The van der Waals surface area contributed by atoms with Crippen molar-refractivity contribution in [2.75, 3.05) is 44.2 Å². The van der Waals surface area contributed by atoms with E-state index in [1.165, 1.54) is 21.1 Å². The molecule has 2 fully saturated rings. The molecule has 1 amide bonds. The molecule has 1 aromatic heterocycles. The number of benzene rings is 1. The van der Waals surface area contributed by atoms with Gasteiger partial charge in [-0.3, -0.25) is 4.79 Å². The van der Waals surface area contributed by atoms with Gasteiger partial charge in [-0.25, -0.2) is 13.4 Å². The van der Waals surface area contributed by atoms with E-state index in [0.29, 0.717) is 45.6 Å². The molecule has 0 N–H and O–H groups in total. The normalized spacial score (nSPS) is 18.8. The van der Waals surface area contributed by atoms with Crippen LogP contribution < -0.4 is 4.90 Å². The van der Waals surface area contributed by atoms with Crippen molar-refractivity contribution in [3.63, 3.8) is 0 Å². The van der Waals surface area contributed by atoms with Crippen LogP contribution in [0.25, 0.3) is 0 Å². The summed E-state index contributed by atoms with van der Waals surface area (Å²) in [7, 11) is -3.60. The van der Waals surface area contributed by atoms with E-state index in [2.05, 4.69) is 41.9 Å². The van der Waals surface area contributed by atoms with E-state index in [0.717, 1.165) is 13.1 Å². The minimum atomic E-state index is -3.60. The number of carbonyl (C=O) groups excluding carboxylic acids is 1. The Labute approximate surface area is 190 Å². The Morgan fingerprint density at radius 1 is 1.06 bits per heavy atom. The molecule has 174 valence electrons. The molecule has 2 aromatic rings. The van der Waals surface area contributed by atoms with Gasteiger partial charge in [0.1, 0.15) is 0 Å². The Kier molecular flexibility index (Phi) is 6.57. The van der Waals surface area contributed by atoms with E-state index in [-0.39, 0.29) is 16.9 Å². The van der Waals surface area contributed by atoms with E-state index in [1.807, 2.05) is 11.8 Å². The van der Waals surface area contributed by atoms with E-state index in [4.69, 9.17) is 0 Å². The van der Waals surface area contributed by atoms with Crippen molar-refractivity contribution >= 4 is 21.6 Å². The monoisotopic (exact) mass is 459 g/mol. The third kappa shape index (κ3) is 4.41. The lowest BCUT2D eigenvalue weighted by atomic mass is 9.96. The molecule has 0 spiro atoms. The molecule has 9 heteroatoms. The number of nitrogens with zero attached hydrogens (tertiary/aromatic N) is 5. The SMILES string of the molecule is CCn1cnc(S(=O)(=O)N2CCC(C(=O)N3CCN(c4cccc(C)c4C)CC3)CC2)c1. The zero-order valence-corrected chi connectivity index (χ0v) is 20.0. The van der Waals surface area contributed by atoms with Gasteiger partial charge in [0.2, 0.25) is 5.91 Å². The highest BCUT2D eigenvalue weighted by Gasteiger charge is 2.35.